The number of anilines is 2. The van der Waals surface area contributed by atoms with E-state index in [0.717, 1.165) is 24.4 Å². The number of rotatable bonds is 5. The molecular weight excluding hydrogens is 218 g/mol. The molecule has 0 aliphatic heterocycles. The first-order valence-electron chi connectivity index (χ1n) is 5.48. The van der Waals surface area contributed by atoms with Crippen LogP contribution in [0.4, 0.5) is 11.8 Å². The molecule has 0 atom stereocenters. The van der Waals surface area contributed by atoms with Crippen molar-refractivity contribution in [1.82, 2.24) is 24.8 Å². The standard InChI is InChI=1S/C10H17N7/c1-11-10-15-8(12-4-5-17(2)3)7-9(16-10)14-6-13-7/h6H,4-5H2,1-3H3,(H3,11,12,13,14,15,16). The molecule has 0 bridgehead atoms. The number of likely N-dealkylation sites (N-methyl/N-ethyl adjacent to an activating group) is 1. The Morgan fingerprint density at radius 2 is 2.18 bits per heavy atom. The molecule has 2 rings (SSSR count). The summed E-state index contributed by atoms with van der Waals surface area (Å²) in [4.78, 5) is 17.9. The second-order valence-corrected chi connectivity index (χ2v) is 3.98. The number of aromatic amines is 1. The number of hydrogen-bond donors (Lipinski definition) is 3. The van der Waals surface area contributed by atoms with Crippen LogP contribution in [0.25, 0.3) is 11.2 Å². The summed E-state index contributed by atoms with van der Waals surface area (Å²) in [6.07, 6.45) is 1.62. The Morgan fingerprint density at radius 1 is 1.35 bits per heavy atom. The van der Waals surface area contributed by atoms with Crippen LogP contribution in [0.3, 0.4) is 0 Å². The third kappa shape index (κ3) is 2.62. The summed E-state index contributed by atoms with van der Waals surface area (Å²) in [7, 11) is 5.86. The molecule has 0 saturated heterocycles. The van der Waals surface area contributed by atoms with Gasteiger partial charge in [0.05, 0.1) is 6.33 Å². The lowest BCUT2D eigenvalue weighted by Gasteiger charge is -2.11. The molecule has 2 aromatic heterocycles. The van der Waals surface area contributed by atoms with Crippen LogP contribution in [0, 0.1) is 0 Å². The zero-order chi connectivity index (χ0) is 12.3. The Morgan fingerprint density at radius 3 is 2.88 bits per heavy atom. The van der Waals surface area contributed by atoms with Gasteiger partial charge < -0.3 is 20.5 Å². The largest absolute Gasteiger partial charge is 0.367 e. The second kappa shape index (κ2) is 4.96. The van der Waals surface area contributed by atoms with Gasteiger partial charge in [-0.25, -0.2) is 4.98 Å². The zero-order valence-corrected chi connectivity index (χ0v) is 10.3. The minimum atomic E-state index is 0.567. The predicted molar refractivity (Wildman–Crippen MR) is 68.3 cm³/mol. The van der Waals surface area contributed by atoms with E-state index in [9.17, 15) is 0 Å². The molecule has 0 unspecified atom stereocenters. The summed E-state index contributed by atoms with van der Waals surface area (Å²) < 4.78 is 0. The van der Waals surface area contributed by atoms with Gasteiger partial charge in [0.25, 0.3) is 0 Å². The summed E-state index contributed by atoms with van der Waals surface area (Å²) >= 11 is 0. The van der Waals surface area contributed by atoms with E-state index >= 15 is 0 Å². The molecule has 7 nitrogen and oxygen atoms in total. The summed E-state index contributed by atoms with van der Waals surface area (Å²) in [5.41, 5.74) is 1.50. The number of aromatic nitrogens is 4. The highest BCUT2D eigenvalue weighted by Crippen LogP contribution is 2.17. The van der Waals surface area contributed by atoms with Gasteiger partial charge in [-0.3, -0.25) is 0 Å². The van der Waals surface area contributed by atoms with Crippen LogP contribution in [0.5, 0.6) is 0 Å². The van der Waals surface area contributed by atoms with Crippen molar-refractivity contribution in [2.24, 2.45) is 0 Å². The maximum absolute atomic E-state index is 4.37. The Balaban J connectivity index is 2.21. The number of nitrogens with zero attached hydrogens (tertiary/aromatic N) is 4. The Bertz CT molecular complexity index is 490. The van der Waals surface area contributed by atoms with Gasteiger partial charge in [0.15, 0.2) is 11.5 Å². The van der Waals surface area contributed by atoms with Crippen molar-refractivity contribution in [1.29, 1.82) is 0 Å². The molecule has 0 amide bonds. The van der Waals surface area contributed by atoms with Gasteiger partial charge >= 0.3 is 0 Å². The predicted octanol–water partition coefficient (Wildman–Crippen LogP) is 0.368. The van der Waals surface area contributed by atoms with Crippen molar-refractivity contribution in [3.05, 3.63) is 6.33 Å². The molecule has 0 aromatic carbocycles. The molecule has 0 aliphatic rings. The van der Waals surface area contributed by atoms with Gasteiger partial charge in [-0.2, -0.15) is 9.97 Å². The highest BCUT2D eigenvalue weighted by molar-refractivity contribution is 5.83. The maximum atomic E-state index is 4.37. The van der Waals surface area contributed by atoms with E-state index in [1.807, 2.05) is 14.1 Å². The first kappa shape index (κ1) is 11.6. The van der Waals surface area contributed by atoms with Crippen LogP contribution >= 0.6 is 0 Å². The van der Waals surface area contributed by atoms with Gasteiger partial charge in [0.2, 0.25) is 5.95 Å². The van der Waals surface area contributed by atoms with Crippen LogP contribution in [-0.4, -0.2) is 59.1 Å². The van der Waals surface area contributed by atoms with Crippen LogP contribution in [-0.2, 0) is 0 Å². The fourth-order valence-electron chi connectivity index (χ4n) is 1.47. The summed E-state index contributed by atoms with van der Waals surface area (Å²) in [5.74, 6) is 1.34. The number of imidazole rings is 1. The van der Waals surface area contributed by atoms with E-state index in [2.05, 4.69) is 35.5 Å². The SMILES string of the molecule is CNc1nc(NCCN(C)C)c2[nH]cnc2n1. The smallest absolute Gasteiger partial charge is 0.226 e. The average molecular weight is 235 g/mol. The van der Waals surface area contributed by atoms with Crippen molar-refractivity contribution >= 4 is 22.9 Å². The minimum absolute atomic E-state index is 0.567. The number of H-pyrrole nitrogens is 1. The highest BCUT2D eigenvalue weighted by atomic mass is 15.2. The molecule has 0 radical (unpaired) electrons. The average Bonchev–Trinajstić information content (AvgIpc) is 2.76. The van der Waals surface area contributed by atoms with Crippen molar-refractivity contribution in [2.75, 3.05) is 44.9 Å². The van der Waals surface area contributed by atoms with Crippen LogP contribution in [0.15, 0.2) is 6.33 Å². The van der Waals surface area contributed by atoms with Gasteiger partial charge in [-0.05, 0) is 14.1 Å². The van der Waals surface area contributed by atoms with E-state index in [0.29, 0.717) is 11.6 Å². The first-order valence-corrected chi connectivity index (χ1v) is 5.48. The zero-order valence-electron chi connectivity index (χ0n) is 10.3. The quantitative estimate of drug-likeness (QED) is 0.694. The van der Waals surface area contributed by atoms with Crippen molar-refractivity contribution in [2.45, 2.75) is 0 Å². The van der Waals surface area contributed by atoms with E-state index in [1.54, 1.807) is 13.4 Å². The lowest BCUT2D eigenvalue weighted by atomic mass is 10.4. The van der Waals surface area contributed by atoms with Gasteiger partial charge in [-0.15, -0.1) is 0 Å². The monoisotopic (exact) mass is 235 g/mol. The molecule has 92 valence electrons. The van der Waals surface area contributed by atoms with Crippen molar-refractivity contribution in [3.63, 3.8) is 0 Å². The van der Waals surface area contributed by atoms with Crippen LogP contribution in [0.2, 0.25) is 0 Å². The number of hydrogen-bond acceptors (Lipinski definition) is 6. The fraction of sp³-hybridized carbons (Fsp3) is 0.500. The molecule has 0 aliphatic carbocycles. The van der Waals surface area contributed by atoms with Gasteiger partial charge in [-0.1, -0.05) is 0 Å². The normalized spacial score (nSPS) is 11.1. The molecule has 17 heavy (non-hydrogen) atoms. The van der Waals surface area contributed by atoms with Crippen molar-refractivity contribution < 1.29 is 0 Å². The first-order chi connectivity index (χ1) is 8.20. The molecular formula is C10H17N7. The highest BCUT2D eigenvalue weighted by Gasteiger charge is 2.08. The maximum Gasteiger partial charge on any atom is 0.226 e. The Hall–Kier alpha value is -1.89. The second-order valence-electron chi connectivity index (χ2n) is 3.98. The van der Waals surface area contributed by atoms with E-state index in [1.165, 1.54) is 0 Å². The lowest BCUT2D eigenvalue weighted by molar-refractivity contribution is 0.425. The molecule has 0 spiro atoms. The molecule has 7 heteroatoms. The Labute approximate surface area is 99.7 Å². The molecule has 0 saturated carbocycles. The summed E-state index contributed by atoms with van der Waals surface area (Å²) in [6, 6.07) is 0. The van der Waals surface area contributed by atoms with Gasteiger partial charge in [0.1, 0.15) is 5.52 Å². The summed E-state index contributed by atoms with van der Waals surface area (Å²) in [5, 5.41) is 6.20. The summed E-state index contributed by atoms with van der Waals surface area (Å²) in [6.45, 7) is 1.76. The topological polar surface area (TPSA) is 81.8 Å². The Kier molecular flexibility index (Phi) is 3.38. The lowest BCUT2D eigenvalue weighted by Crippen LogP contribution is -2.21. The molecule has 2 aromatic rings. The van der Waals surface area contributed by atoms with E-state index < -0.39 is 0 Å². The third-order valence-corrected chi connectivity index (χ3v) is 2.36. The molecule has 2 heterocycles. The van der Waals surface area contributed by atoms with Crippen molar-refractivity contribution in [3.8, 4) is 0 Å². The molecule has 0 fully saturated rings. The number of nitrogens with one attached hydrogen (secondary N) is 3. The third-order valence-electron chi connectivity index (χ3n) is 2.36. The molecule has 3 N–H and O–H groups in total. The fourth-order valence-corrected chi connectivity index (χ4v) is 1.47. The van der Waals surface area contributed by atoms with Gasteiger partial charge in [0, 0.05) is 20.1 Å². The van der Waals surface area contributed by atoms with Crippen LogP contribution in [0.1, 0.15) is 0 Å². The van der Waals surface area contributed by atoms with E-state index in [4.69, 9.17) is 0 Å². The minimum Gasteiger partial charge on any atom is -0.367 e. The van der Waals surface area contributed by atoms with Crippen LogP contribution < -0.4 is 10.6 Å². The number of fused-ring (bicyclic) bond motifs is 1. The van der Waals surface area contributed by atoms with E-state index in [-0.39, 0.29) is 0 Å².